The maximum Gasteiger partial charge on any atom is 0.195 e. The molecule has 6 rings (SSSR count). The van der Waals surface area contributed by atoms with Gasteiger partial charge in [0.1, 0.15) is 0 Å². The Morgan fingerprint density at radius 3 is 2.21 bits per heavy atom. The summed E-state index contributed by atoms with van der Waals surface area (Å²) in [5.41, 5.74) is 5.85. The molecule has 0 aliphatic heterocycles. The molecular formula is C24H12Cl2O2. The molecule has 2 unspecified atom stereocenters. The Bertz CT molecular complexity index is 1270. The van der Waals surface area contributed by atoms with Crippen LogP contribution in [0.5, 0.6) is 0 Å². The lowest BCUT2D eigenvalue weighted by Crippen LogP contribution is -2.36. The fourth-order valence-electron chi connectivity index (χ4n) is 5.02. The van der Waals surface area contributed by atoms with E-state index in [2.05, 4.69) is 0 Å². The van der Waals surface area contributed by atoms with Crippen molar-refractivity contribution in [1.29, 1.82) is 0 Å². The van der Waals surface area contributed by atoms with Crippen LogP contribution in [0.3, 0.4) is 0 Å². The van der Waals surface area contributed by atoms with Crippen LogP contribution in [0, 0.1) is 5.92 Å². The topological polar surface area (TPSA) is 34.1 Å². The number of rotatable bonds is 0. The van der Waals surface area contributed by atoms with Crippen LogP contribution in [-0.4, -0.2) is 11.6 Å². The Labute approximate surface area is 171 Å². The first-order valence-corrected chi connectivity index (χ1v) is 9.85. The minimum atomic E-state index is -0.287. The van der Waals surface area contributed by atoms with Crippen LogP contribution in [-0.2, 0) is 0 Å². The van der Waals surface area contributed by atoms with E-state index in [0.717, 1.165) is 22.3 Å². The Balaban J connectivity index is 1.75. The van der Waals surface area contributed by atoms with Gasteiger partial charge in [0.25, 0.3) is 0 Å². The van der Waals surface area contributed by atoms with E-state index in [1.807, 2.05) is 60.7 Å². The molecule has 0 amide bonds. The molecule has 2 nitrogen and oxygen atoms in total. The number of ketones is 2. The average molecular weight is 403 g/mol. The largest absolute Gasteiger partial charge is 0.289 e. The number of Topliss-reactive ketones (excluding diaryl/α,β-unsaturated/α-hetero) is 2. The van der Waals surface area contributed by atoms with E-state index in [0.29, 0.717) is 32.3 Å². The van der Waals surface area contributed by atoms with Gasteiger partial charge < -0.3 is 0 Å². The lowest BCUT2D eigenvalue weighted by Gasteiger charge is -2.43. The molecule has 134 valence electrons. The monoisotopic (exact) mass is 402 g/mol. The summed E-state index contributed by atoms with van der Waals surface area (Å²) in [6, 6.07) is 15.1. The Morgan fingerprint density at radius 2 is 1.43 bits per heavy atom. The number of hydrogen-bond acceptors (Lipinski definition) is 2. The van der Waals surface area contributed by atoms with Crippen molar-refractivity contribution >= 4 is 40.3 Å². The summed E-state index contributed by atoms with van der Waals surface area (Å²) in [6.45, 7) is 0. The SMILES string of the molecule is O=C1C2=C3C(=CC(Cl)=C4C(=O)c5ccccc5C(C=C2Cl)C43)c2ccccc21. The Kier molecular flexibility index (Phi) is 3.16. The third-order valence-corrected chi connectivity index (χ3v) is 6.76. The smallest absolute Gasteiger partial charge is 0.195 e. The summed E-state index contributed by atoms with van der Waals surface area (Å²) in [4.78, 5) is 26.6. The van der Waals surface area contributed by atoms with Crippen molar-refractivity contribution in [1.82, 2.24) is 0 Å². The molecule has 0 saturated heterocycles. The molecule has 0 fully saturated rings. The zero-order valence-electron chi connectivity index (χ0n) is 14.5. The second-order valence-electron chi connectivity index (χ2n) is 7.42. The summed E-state index contributed by atoms with van der Waals surface area (Å²) in [5, 5.41) is 0.895. The third-order valence-electron chi connectivity index (χ3n) is 6.13. The summed E-state index contributed by atoms with van der Waals surface area (Å²) in [7, 11) is 0. The molecule has 2 atom stereocenters. The van der Waals surface area contributed by atoms with Crippen molar-refractivity contribution in [2.75, 3.05) is 0 Å². The molecule has 0 saturated carbocycles. The first-order valence-electron chi connectivity index (χ1n) is 9.09. The molecule has 2 aromatic carbocycles. The average Bonchev–Trinajstić information content (AvgIpc) is 2.71. The van der Waals surface area contributed by atoms with Crippen LogP contribution < -0.4 is 0 Å². The van der Waals surface area contributed by atoms with Gasteiger partial charge in [0.15, 0.2) is 11.6 Å². The molecule has 2 aromatic rings. The fourth-order valence-corrected chi connectivity index (χ4v) is 5.66. The molecule has 4 aliphatic carbocycles. The van der Waals surface area contributed by atoms with Crippen molar-refractivity contribution < 1.29 is 9.59 Å². The summed E-state index contributed by atoms with van der Waals surface area (Å²) in [5.74, 6) is -0.566. The summed E-state index contributed by atoms with van der Waals surface area (Å²) < 4.78 is 0. The first-order chi connectivity index (χ1) is 13.6. The van der Waals surface area contributed by atoms with Gasteiger partial charge in [-0.3, -0.25) is 9.59 Å². The molecule has 4 heteroatoms. The van der Waals surface area contributed by atoms with Crippen LogP contribution in [0.25, 0.3) is 5.57 Å². The normalized spacial score (nSPS) is 24.4. The van der Waals surface area contributed by atoms with Gasteiger partial charge in [-0.15, -0.1) is 0 Å². The van der Waals surface area contributed by atoms with E-state index in [-0.39, 0.29) is 23.4 Å². The van der Waals surface area contributed by atoms with Gasteiger partial charge in [-0.1, -0.05) is 77.8 Å². The van der Waals surface area contributed by atoms with Crippen molar-refractivity contribution in [2.24, 2.45) is 5.92 Å². The van der Waals surface area contributed by atoms with E-state index in [1.54, 1.807) is 0 Å². The molecule has 0 aromatic heterocycles. The van der Waals surface area contributed by atoms with E-state index in [9.17, 15) is 9.59 Å². The number of carbonyl (C=O) groups excluding carboxylic acids is 2. The van der Waals surface area contributed by atoms with Crippen LogP contribution in [0.1, 0.15) is 37.8 Å². The molecule has 0 heterocycles. The molecule has 0 spiro atoms. The molecule has 0 N–H and O–H groups in total. The minimum absolute atomic E-state index is 0.0678. The van der Waals surface area contributed by atoms with E-state index in [4.69, 9.17) is 23.2 Å². The molecular weight excluding hydrogens is 391 g/mol. The molecule has 28 heavy (non-hydrogen) atoms. The summed E-state index contributed by atoms with van der Waals surface area (Å²) >= 11 is 13.3. The first kappa shape index (κ1) is 16.3. The predicted octanol–water partition coefficient (Wildman–Crippen LogP) is 5.80. The highest BCUT2D eigenvalue weighted by molar-refractivity contribution is 6.40. The number of carbonyl (C=O) groups is 2. The van der Waals surface area contributed by atoms with Crippen LogP contribution in [0.4, 0.5) is 0 Å². The Hall–Kier alpha value is -2.68. The highest BCUT2D eigenvalue weighted by Gasteiger charge is 2.49. The van der Waals surface area contributed by atoms with E-state index >= 15 is 0 Å². The zero-order valence-corrected chi connectivity index (χ0v) is 16.0. The predicted molar refractivity (Wildman–Crippen MR) is 110 cm³/mol. The number of benzene rings is 2. The van der Waals surface area contributed by atoms with Crippen LogP contribution in [0.15, 0.2) is 87.5 Å². The van der Waals surface area contributed by atoms with Crippen molar-refractivity contribution in [3.05, 3.63) is 110 Å². The number of allylic oxidation sites excluding steroid dienone is 8. The second kappa shape index (κ2) is 5.44. The van der Waals surface area contributed by atoms with Crippen molar-refractivity contribution in [2.45, 2.75) is 5.92 Å². The van der Waals surface area contributed by atoms with Crippen LogP contribution >= 0.6 is 23.2 Å². The minimum Gasteiger partial charge on any atom is -0.289 e. The second-order valence-corrected chi connectivity index (χ2v) is 8.23. The lowest BCUT2D eigenvalue weighted by molar-refractivity contribution is 0.100. The van der Waals surface area contributed by atoms with E-state index < -0.39 is 0 Å². The summed E-state index contributed by atoms with van der Waals surface area (Å²) in [6.07, 6.45) is 3.74. The lowest BCUT2D eigenvalue weighted by atomic mass is 9.59. The van der Waals surface area contributed by atoms with Gasteiger partial charge in [-0.25, -0.2) is 0 Å². The van der Waals surface area contributed by atoms with Gasteiger partial charge in [0.05, 0.1) is 0 Å². The van der Waals surface area contributed by atoms with Gasteiger partial charge in [-0.05, 0) is 28.3 Å². The molecule has 0 bridgehead atoms. The van der Waals surface area contributed by atoms with Gasteiger partial charge in [-0.2, -0.15) is 0 Å². The molecule has 4 aliphatic rings. The highest BCUT2D eigenvalue weighted by Crippen LogP contribution is 2.58. The third kappa shape index (κ3) is 1.85. The van der Waals surface area contributed by atoms with Gasteiger partial charge in [0.2, 0.25) is 0 Å². The number of fused-ring (bicyclic) bond motifs is 4. The number of hydrogen-bond donors (Lipinski definition) is 0. The van der Waals surface area contributed by atoms with Gasteiger partial charge >= 0.3 is 0 Å². The standard InChI is InChI=1S/C24H12Cl2O2/c25-17-9-15-11-5-1-3-7-13(11)23(27)21-18(26)10-16-12-6-2-4-8-14(12)24(28)22(17)20(16)19(15)21/h1-10,15,19H. The highest BCUT2D eigenvalue weighted by atomic mass is 35.5. The Morgan fingerprint density at radius 1 is 0.750 bits per heavy atom. The number of halogens is 2. The fraction of sp³-hybridized carbons (Fsp3) is 0.0833. The maximum absolute atomic E-state index is 13.3. The molecule has 0 radical (unpaired) electrons. The zero-order chi connectivity index (χ0) is 19.2. The maximum atomic E-state index is 13.3. The van der Waals surface area contributed by atoms with Gasteiger partial charge in [0, 0.05) is 44.2 Å². The van der Waals surface area contributed by atoms with Crippen molar-refractivity contribution in [3.8, 4) is 0 Å². The van der Waals surface area contributed by atoms with Crippen LogP contribution in [0.2, 0.25) is 0 Å². The van der Waals surface area contributed by atoms with Crippen molar-refractivity contribution in [3.63, 3.8) is 0 Å². The quantitative estimate of drug-likeness (QED) is 0.557. The van der Waals surface area contributed by atoms with E-state index in [1.165, 1.54) is 0 Å².